The summed E-state index contributed by atoms with van der Waals surface area (Å²) in [5.41, 5.74) is 7.22. The summed E-state index contributed by atoms with van der Waals surface area (Å²) in [6.45, 7) is 6.90. The van der Waals surface area contributed by atoms with Gasteiger partial charge in [0.15, 0.2) is 11.7 Å². The minimum Gasteiger partial charge on any atom is -0.490 e. The van der Waals surface area contributed by atoms with Crippen molar-refractivity contribution in [3.8, 4) is 11.5 Å². The Hall–Kier alpha value is -3.17. The van der Waals surface area contributed by atoms with Crippen LogP contribution in [0.5, 0.6) is 11.5 Å². The Balaban J connectivity index is 1.80. The first-order chi connectivity index (χ1) is 14.9. The molecule has 0 aliphatic rings. The lowest BCUT2D eigenvalue weighted by Crippen LogP contribution is -2.49. The highest BCUT2D eigenvalue weighted by atomic mass is 32.1. The number of hydrogen-bond donors (Lipinski definition) is 3. The first-order valence-corrected chi connectivity index (χ1v) is 10.2. The van der Waals surface area contributed by atoms with Crippen LogP contribution in [0.1, 0.15) is 28.4 Å². The van der Waals surface area contributed by atoms with E-state index in [0.717, 1.165) is 11.1 Å². The highest BCUT2D eigenvalue weighted by Gasteiger charge is 2.14. The molecule has 0 saturated heterocycles. The molecule has 2 aromatic carbocycles. The van der Waals surface area contributed by atoms with E-state index in [1.807, 2.05) is 32.9 Å². The number of carbonyl (C=O) groups excluding carboxylic acids is 2. The van der Waals surface area contributed by atoms with Gasteiger partial charge in [0.1, 0.15) is 18.1 Å². The third kappa shape index (κ3) is 7.88. The Labute approximate surface area is 187 Å². The zero-order valence-corrected chi connectivity index (χ0v) is 18.6. The lowest BCUT2D eigenvalue weighted by atomic mass is 10.1. The summed E-state index contributed by atoms with van der Waals surface area (Å²) < 4.78 is 16.3. The molecule has 0 aliphatic heterocycles. The number of thiocarbonyl (C=S) groups is 1. The maximum atomic E-state index is 12.5. The molecule has 0 atom stereocenters. The largest absolute Gasteiger partial charge is 0.490 e. The molecule has 3 N–H and O–H groups in total. The first kappa shape index (κ1) is 24.1. The van der Waals surface area contributed by atoms with Gasteiger partial charge in [-0.2, -0.15) is 0 Å². The summed E-state index contributed by atoms with van der Waals surface area (Å²) >= 11 is 5.07. The van der Waals surface area contributed by atoms with Crippen LogP contribution in [0.2, 0.25) is 0 Å². The Bertz CT molecular complexity index is 920. The van der Waals surface area contributed by atoms with E-state index in [0.29, 0.717) is 36.9 Å². The van der Waals surface area contributed by atoms with Gasteiger partial charge in [-0.25, -0.2) is 0 Å². The minimum absolute atomic E-state index is 0.0609. The molecule has 0 unspecified atom stereocenters. The van der Waals surface area contributed by atoms with Gasteiger partial charge < -0.3 is 14.2 Å². The number of nitrogens with one attached hydrogen (secondary N) is 3. The molecule has 0 saturated carbocycles. The van der Waals surface area contributed by atoms with Crippen molar-refractivity contribution in [1.29, 1.82) is 0 Å². The zero-order chi connectivity index (χ0) is 22.6. The monoisotopic (exact) mass is 445 g/mol. The molecule has 9 heteroatoms. The Morgan fingerprint density at radius 3 is 2.45 bits per heavy atom. The van der Waals surface area contributed by atoms with E-state index in [9.17, 15) is 9.59 Å². The second-order valence-corrected chi connectivity index (χ2v) is 6.89. The van der Waals surface area contributed by atoms with Crippen LogP contribution < -0.4 is 25.6 Å². The van der Waals surface area contributed by atoms with Gasteiger partial charge >= 0.3 is 0 Å². The van der Waals surface area contributed by atoms with Crippen LogP contribution in [0.4, 0.5) is 0 Å². The minimum atomic E-state index is -0.467. The molecule has 31 heavy (non-hydrogen) atoms. The Morgan fingerprint density at radius 2 is 1.68 bits per heavy atom. The number of aryl methyl sites for hydroxylation is 1. The van der Waals surface area contributed by atoms with Crippen molar-refractivity contribution < 1.29 is 23.8 Å². The number of rotatable bonds is 9. The van der Waals surface area contributed by atoms with Crippen LogP contribution in [-0.4, -0.2) is 43.4 Å². The van der Waals surface area contributed by atoms with Crippen molar-refractivity contribution in [3.05, 3.63) is 59.2 Å². The summed E-state index contributed by atoms with van der Waals surface area (Å²) in [6.07, 6.45) is 0. The molecular formula is C22H27N3O5S. The first-order valence-electron chi connectivity index (χ1n) is 9.81. The van der Waals surface area contributed by atoms with E-state index in [2.05, 4.69) is 16.2 Å². The van der Waals surface area contributed by atoms with E-state index >= 15 is 0 Å². The van der Waals surface area contributed by atoms with Crippen LogP contribution in [0.15, 0.2) is 42.5 Å². The molecule has 0 fully saturated rings. The fraction of sp³-hybridized carbons (Fsp3) is 0.318. The molecule has 0 spiro atoms. The topological polar surface area (TPSA) is 97.9 Å². The number of para-hydroxylation sites is 1. The lowest BCUT2D eigenvalue weighted by Gasteiger charge is -2.14. The van der Waals surface area contributed by atoms with E-state index in [1.165, 1.54) is 0 Å². The summed E-state index contributed by atoms with van der Waals surface area (Å²) in [5.74, 6) is 0.128. The van der Waals surface area contributed by atoms with Crippen molar-refractivity contribution in [2.45, 2.75) is 20.8 Å². The Kier molecular flexibility index (Phi) is 9.73. The van der Waals surface area contributed by atoms with Gasteiger partial charge in [0.2, 0.25) is 0 Å². The lowest BCUT2D eigenvalue weighted by molar-refractivity contribution is -0.123. The normalized spacial score (nSPS) is 10.2. The van der Waals surface area contributed by atoms with Crippen molar-refractivity contribution in [2.24, 2.45) is 0 Å². The van der Waals surface area contributed by atoms with Crippen LogP contribution in [0.25, 0.3) is 0 Å². The summed E-state index contributed by atoms with van der Waals surface area (Å²) in [5, 5.41) is 2.44. The molecule has 0 aromatic heterocycles. The number of benzene rings is 2. The van der Waals surface area contributed by atoms with E-state index in [1.54, 1.807) is 30.3 Å². The molecule has 0 radical (unpaired) electrons. The fourth-order valence-electron chi connectivity index (χ4n) is 2.52. The average Bonchev–Trinajstić information content (AvgIpc) is 2.76. The maximum Gasteiger partial charge on any atom is 0.276 e. The Morgan fingerprint density at radius 1 is 0.935 bits per heavy atom. The van der Waals surface area contributed by atoms with Gasteiger partial charge in [0, 0.05) is 6.61 Å². The fourth-order valence-corrected chi connectivity index (χ4v) is 2.67. The number of carbonyl (C=O) groups is 2. The van der Waals surface area contributed by atoms with Crippen molar-refractivity contribution in [3.63, 3.8) is 0 Å². The third-order valence-electron chi connectivity index (χ3n) is 4.28. The predicted molar refractivity (Wildman–Crippen MR) is 121 cm³/mol. The van der Waals surface area contributed by atoms with Gasteiger partial charge in [0.05, 0.1) is 12.2 Å². The smallest absolute Gasteiger partial charge is 0.276 e. The molecule has 0 aliphatic carbocycles. The van der Waals surface area contributed by atoms with Crippen LogP contribution >= 0.6 is 12.2 Å². The van der Waals surface area contributed by atoms with Crippen LogP contribution in [-0.2, 0) is 9.53 Å². The van der Waals surface area contributed by atoms with Gasteiger partial charge in [-0.05, 0) is 62.3 Å². The maximum absolute atomic E-state index is 12.5. The molecule has 0 heterocycles. The number of amides is 2. The number of ether oxygens (including phenoxy) is 3. The standard InChI is InChI=1S/C22H27N3O5S/c1-4-28-12-13-29-19-10-6-5-9-17(19)21(27)23-22(31)25-24-20(26)14-30-18-11-7-8-15(2)16(18)3/h5-11H,4,12-14H2,1-3H3,(H,24,26)(H2,23,25,27,31). The second-order valence-electron chi connectivity index (χ2n) is 6.48. The van der Waals surface area contributed by atoms with Gasteiger partial charge in [-0.15, -0.1) is 0 Å². The van der Waals surface area contributed by atoms with Gasteiger partial charge in [0.25, 0.3) is 11.8 Å². The van der Waals surface area contributed by atoms with E-state index in [4.69, 9.17) is 26.4 Å². The molecule has 2 aromatic rings. The molecule has 0 bridgehead atoms. The summed E-state index contributed by atoms with van der Waals surface area (Å²) in [4.78, 5) is 24.5. The van der Waals surface area contributed by atoms with Crippen molar-refractivity contribution >= 4 is 29.1 Å². The van der Waals surface area contributed by atoms with Gasteiger partial charge in [-0.1, -0.05) is 24.3 Å². The van der Waals surface area contributed by atoms with E-state index < -0.39 is 11.8 Å². The second kappa shape index (κ2) is 12.5. The molecular weight excluding hydrogens is 418 g/mol. The highest BCUT2D eigenvalue weighted by Crippen LogP contribution is 2.20. The number of hydrogen-bond acceptors (Lipinski definition) is 6. The molecule has 2 amide bonds. The van der Waals surface area contributed by atoms with Gasteiger partial charge in [-0.3, -0.25) is 25.8 Å². The van der Waals surface area contributed by atoms with E-state index in [-0.39, 0.29) is 11.7 Å². The SMILES string of the molecule is CCOCCOc1ccccc1C(=O)NC(=S)NNC(=O)COc1cccc(C)c1C. The van der Waals surface area contributed by atoms with Crippen LogP contribution in [0, 0.1) is 13.8 Å². The van der Waals surface area contributed by atoms with Crippen molar-refractivity contribution in [1.82, 2.24) is 16.2 Å². The zero-order valence-electron chi connectivity index (χ0n) is 17.8. The third-order valence-corrected chi connectivity index (χ3v) is 4.48. The number of hydrazine groups is 1. The van der Waals surface area contributed by atoms with Crippen molar-refractivity contribution in [2.75, 3.05) is 26.4 Å². The summed E-state index contributed by atoms with van der Waals surface area (Å²) in [6, 6.07) is 12.4. The molecule has 2 rings (SSSR count). The average molecular weight is 446 g/mol. The predicted octanol–water partition coefficient (Wildman–Crippen LogP) is 2.43. The molecule has 8 nitrogen and oxygen atoms in total. The summed E-state index contributed by atoms with van der Waals surface area (Å²) in [7, 11) is 0. The molecule has 166 valence electrons. The van der Waals surface area contributed by atoms with Crippen LogP contribution in [0.3, 0.4) is 0 Å². The quantitative estimate of drug-likeness (QED) is 0.310. The highest BCUT2D eigenvalue weighted by molar-refractivity contribution is 7.80.